The molecule has 0 radical (unpaired) electrons. The van der Waals surface area contributed by atoms with Gasteiger partial charge in [0.05, 0.1) is 6.10 Å². The molecule has 0 amide bonds. The molecule has 3 aliphatic carbocycles. The Bertz CT molecular complexity index is 581. The fourth-order valence-corrected chi connectivity index (χ4v) is 9.09. The molecule has 0 spiro atoms. The number of hydrogen-bond donors (Lipinski definition) is 1. The van der Waals surface area contributed by atoms with Gasteiger partial charge in [0.25, 0.3) is 0 Å². The molecule has 0 heterocycles. The topological polar surface area (TPSA) is 20.2 Å². The number of allylic oxidation sites excluding steroid dienone is 1. The fourth-order valence-electron chi connectivity index (χ4n) is 9.09. The Morgan fingerprint density at radius 2 is 1.74 bits per heavy atom. The highest BCUT2D eigenvalue weighted by molar-refractivity contribution is 5.07. The molecule has 180 valence electrons. The minimum atomic E-state index is -0.109. The maximum absolute atomic E-state index is 10.6. The third-order valence-corrected chi connectivity index (χ3v) is 10.8. The van der Waals surface area contributed by atoms with Gasteiger partial charge in [-0.2, -0.15) is 0 Å². The third kappa shape index (κ3) is 5.12. The lowest BCUT2D eigenvalue weighted by Gasteiger charge is -2.56. The van der Waals surface area contributed by atoms with E-state index < -0.39 is 0 Å². The van der Waals surface area contributed by atoms with E-state index in [0.29, 0.717) is 16.7 Å². The van der Waals surface area contributed by atoms with Crippen LogP contribution in [0.5, 0.6) is 0 Å². The highest BCUT2D eigenvalue weighted by Crippen LogP contribution is 2.65. The van der Waals surface area contributed by atoms with Crippen molar-refractivity contribution in [3.05, 3.63) is 12.7 Å². The van der Waals surface area contributed by atoms with Crippen molar-refractivity contribution < 1.29 is 5.11 Å². The molecule has 3 fully saturated rings. The highest BCUT2D eigenvalue weighted by Gasteiger charge is 2.57. The van der Waals surface area contributed by atoms with Gasteiger partial charge in [0, 0.05) is 0 Å². The summed E-state index contributed by atoms with van der Waals surface area (Å²) in [4.78, 5) is 0. The molecule has 3 saturated carbocycles. The molecule has 3 aliphatic rings. The summed E-state index contributed by atoms with van der Waals surface area (Å²) in [7, 11) is 0. The second-order valence-electron chi connectivity index (χ2n) is 13.1. The first kappa shape index (κ1) is 25.3. The van der Waals surface area contributed by atoms with Crippen LogP contribution in [-0.4, -0.2) is 11.2 Å². The van der Waals surface area contributed by atoms with Gasteiger partial charge in [0.2, 0.25) is 0 Å². The predicted molar refractivity (Wildman–Crippen MR) is 135 cm³/mol. The van der Waals surface area contributed by atoms with Crippen LogP contribution in [0.15, 0.2) is 12.7 Å². The van der Waals surface area contributed by atoms with Gasteiger partial charge >= 0.3 is 0 Å². The van der Waals surface area contributed by atoms with E-state index in [9.17, 15) is 5.11 Å². The van der Waals surface area contributed by atoms with Gasteiger partial charge in [-0.1, -0.05) is 73.3 Å². The summed E-state index contributed by atoms with van der Waals surface area (Å²) in [5.74, 6) is 5.77. The van der Waals surface area contributed by atoms with E-state index in [1.807, 2.05) is 6.08 Å². The number of aliphatic hydroxyl groups is 1. The van der Waals surface area contributed by atoms with E-state index in [4.69, 9.17) is 0 Å². The minimum absolute atomic E-state index is 0.109. The summed E-state index contributed by atoms with van der Waals surface area (Å²) in [5.41, 5.74) is 0.982. The van der Waals surface area contributed by atoms with E-state index >= 15 is 0 Å². The number of fused-ring (bicyclic) bond motifs is 1. The molecule has 1 heteroatoms. The first-order valence-electron chi connectivity index (χ1n) is 13.9. The quantitative estimate of drug-likeness (QED) is 0.363. The standard InChI is InChI=1S/C30H54O/c1-8-11-23-20-29(6,18-17-28(23)31)26-16-19-30(7)25(14-15-27(30)24(26)9-2)22(5)13-10-12-21(3)4/h8,21-28,31H,1,9-20H2,2-7H3/t22?,23-,24+,25+,26?,27?,28?,29-,30+/m0/s1. The molecular weight excluding hydrogens is 376 g/mol. The van der Waals surface area contributed by atoms with Crippen LogP contribution in [0.2, 0.25) is 0 Å². The Morgan fingerprint density at radius 1 is 1.00 bits per heavy atom. The third-order valence-electron chi connectivity index (χ3n) is 10.8. The zero-order valence-electron chi connectivity index (χ0n) is 21.8. The average molecular weight is 431 g/mol. The zero-order valence-corrected chi connectivity index (χ0v) is 21.8. The molecule has 1 N–H and O–H groups in total. The van der Waals surface area contributed by atoms with E-state index in [0.717, 1.165) is 48.3 Å². The Labute approximate surface area is 194 Å². The van der Waals surface area contributed by atoms with Crippen LogP contribution in [0.3, 0.4) is 0 Å². The van der Waals surface area contributed by atoms with Crippen molar-refractivity contribution >= 4 is 0 Å². The zero-order chi connectivity index (χ0) is 22.8. The van der Waals surface area contributed by atoms with E-state index in [1.165, 1.54) is 64.2 Å². The summed E-state index contributed by atoms with van der Waals surface area (Å²) in [6, 6.07) is 0. The molecule has 0 aromatic carbocycles. The molecule has 0 aromatic rings. The number of rotatable bonds is 9. The van der Waals surface area contributed by atoms with Crippen molar-refractivity contribution in [2.24, 2.45) is 52.3 Å². The molecule has 3 rings (SSSR count). The van der Waals surface area contributed by atoms with Crippen molar-refractivity contribution in [1.29, 1.82) is 0 Å². The monoisotopic (exact) mass is 430 g/mol. The van der Waals surface area contributed by atoms with Crippen LogP contribution in [-0.2, 0) is 0 Å². The van der Waals surface area contributed by atoms with Crippen LogP contribution in [0.4, 0.5) is 0 Å². The van der Waals surface area contributed by atoms with Crippen LogP contribution in [0.25, 0.3) is 0 Å². The van der Waals surface area contributed by atoms with Crippen LogP contribution in [0.1, 0.15) is 119 Å². The van der Waals surface area contributed by atoms with Gasteiger partial charge < -0.3 is 5.11 Å². The lowest BCUT2D eigenvalue weighted by molar-refractivity contribution is -0.0858. The van der Waals surface area contributed by atoms with Gasteiger partial charge in [-0.3, -0.25) is 0 Å². The highest BCUT2D eigenvalue weighted by atomic mass is 16.3. The summed E-state index contributed by atoms with van der Waals surface area (Å²) in [6.07, 6.45) is 17.8. The van der Waals surface area contributed by atoms with Crippen molar-refractivity contribution in [2.45, 2.75) is 125 Å². The SMILES string of the molecule is C=CC[C@H]1C[C@@](C)(C2CC[C@@]3(C)C(CC[C@@H]3C(C)CCCC(C)C)[C@@H]2CC)CCC1O. The van der Waals surface area contributed by atoms with Crippen LogP contribution >= 0.6 is 0 Å². The van der Waals surface area contributed by atoms with Crippen LogP contribution < -0.4 is 0 Å². The normalized spacial score (nSPS) is 44.3. The summed E-state index contributed by atoms with van der Waals surface area (Å²) < 4.78 is 0. The first-order chi connectivity index (χ1) is 14.7. The van der Waals surface area contributed by atoms with Crippen molar-refractivity contribution in [1.82, 2.24) is 0 Å². The largest absolute Gasteiger partial charge is 0.393 e. The maximum atomic E-state index is 10.6. The molecule has 0 aliphatic heterocycles. The molecule has 0 bridgehead atoms. The van der Waals surface area contributed by atoms with E-state index in [2.05, 4.69) is 48.1 Å². The maximum Gasteiger partial charge on any atom is 0.0571 e. The Hall–Kier alpha value is -0.300. The lowest BCUT2D eigenvalue weighted by atomic mass is 9.49. The molecular formula is C30H54O. The van der Waals surface area contributed by atoms with E-state index in [1.54, 1.807) is 0 Å². The van der Waals surface area contributed by atoms with Gasteiger partial charge in [0.1, 0.15) is 0 Å². The Morgan fingerprint density at radius 3 is 2.39 bits per heavy atom. The Kier molecular flexibility index (Phi) is 8.43. The smallest absolute Gasteiger partial charge is 0.0571 e. The molecule has 4 unspecified atom stereocenters. The summed E-state index contributed by atoms with van der Waals surface area (Å²) in [6.45, 7) is 19.1. The number of hydrogen-bond acceptors (Lipinski definition) is 1. The second-order valence-corrected chi connectivity index (χ2v) is 13.1. The number of aliphatic hydroxyl groups excluding tert-OH is 1. The average Bonchev–Trinajstić information content (AvgIpc) is 3.07. The Balaban J connectivity index is 1.72. The summed E-state index contributed by atoms with van der Waals surface area (Å²) >= 11 is 0. The molecule has 0 aromatic heterocycles. The van der Waals surface area contributed by atoms with Gasteiger partial charge in [0.15, 0.2) is 0 Å². The van der Waals surface area contributed by atoms with Crippen LogP contribution in [0, 0.1) is 52.3 Å². The predicted octanol–water partition coefficient (Wildman–Crippen LogP) is 8.66. The molecule has 9 atom stereocenters. The molecule has 1 nitrogen and oxygen atoms in total. The van der Waals surface area contributed by atoms with Gasteiger partial charge in [-0.05, 0) is 104 Å². The summed E-state index contributed by atoms with van der Waals surface area (Å²) in [5, 5.41) is 10.6. The molecule has 0 saturated heterocycles. The minimum Gasteiger partial charge on any atom is -0.393 e. The first-order valence-corrected chi connectivity index (χ1v) is 13.9. The fraction of sp³-hybridized carbons (Fsp3) is 0.933. The van der Waals surface area contributed by atoms with E-state index in [-0.39, 0.29) is 6.10 Å². The molecule has 31 heavy (non-hydrogen) atoms. The van der Waals surface area contributed by atoms with Crippen molar-refractivity contribution in [3.63, 3.8) is 0 Å². The second kappa shape index (κ2) is 10.3. The lowest BCUT2D eigenvalue weighted by Crippen LogP contribution is -2.49. The van der Waals surface area contributed by atoms with Gasteiger partial charge in [-0.25, -0.2) is 0 Å². The van der Waals surface area contributed by atoms with Crippen molar-refractivity contribution in [2.75, 3.05) is 0 Å². The van der Waals surface area contributed by atoms with Crippen molar-refractivity contribution in [3.8, 4) is 0 Å². The van der Waals surface area contributed by atoms with Gasteiger partial charge in [-0.15, -0.1) is 6.58 Å².